The molecule has 268 valence electrons. The van der Waals surface area contributed by atoms with E-state index in [2.05, 4.69) is 17.6 Å². The lowest BCUT2D eigenvalue weighted by Gasteiger charge is -2.28. The highest BCUT2D eigenvalue weighted by Crippen LogP contribution is 2.29. The summed E-state index contributed by atoms with van der Waals surface area (Å²) < 4.78 is 44.7. The number of rotatable bonds is 16. The first-order chi connectivity index (χ1) is 23.4. The second kappa shape index (κ2) is 17.9. The van der Waals surface area contributed by atoms with Gasteiger partial charge in [0, 0.05) is 26.1 Å². The van der Waals surface area contributed by atoms with Crippen LogP contribution in [0, 0.1) is 0 Å². The fraction of sp³-hybridized carbons (Fsp3) is 0.571. The van der Waals surface area contributed by atoms with E-state index >= 15 is 0 Å². The molecule has 0 saturated carbocycles. The second-order valence-corrected chi connectivity index (χ2v) is 13.1. The maximum atomic E-state index is 13.7. The summed E-state index contributed by atoms with van der Waals surface area (Å²) >= 11 is 0. The summed E-state index contributed by atoms with van der Waals surface area (Å²) in [5.41, 5.74) is 1.79. The Labute approximate surface area is 286 Å². The molecule has 14 heteroatoms. The molecule has 49 heavy (non-hydrogen) atoms. The van der Waals surface area contributed by atoms with Gasteiger partial charge in [-0.3, -0.25) is 14.5 Å². The second-order valence-electron chi connectivity index (χ2n) is 13.1. The highest BCUT2D eigenvalue weighted by Gasteiger charge is 2.44. The Bertz CT molecular complexity index is 1370. The van der Waals surface area contributed by atoms with Crippen LogP contribution in [0.5, 0.6) is 0 Å². The average Bonchev–Trinajstić information content (AvgIpc) is 3.70. The summed E-state index contributed by atoms with van der Waals surface area (Å²) in [5.74, 6) is -2.00. The van der Waals surface area contributed by atoms with Crippen molar-refractivity contribution in [3.8, 4) is 0 Å². The Morgan fingerprint density at radius 3 is 2.16 bits per heavy atom. The quantitative estimate of drug-likeness (QED) is 0.145. The topological polar surface area (TPSA) is 131 Å². The van der Waals surface area contributed by atoms with E-state index in [1.165, 1.54) is 23.5 Å². The number of nitrogens with one attached hydrogen (secondary N) is 2. The van der Waals surface area contributed by atoms with Gasteiger partial charge in [0.1, 0.15) is 12.1 Å². The molecule has 1 saturated heterocycles. The van der Waals surface area contributed by atoms with Crippen LogP contribution in [-0.2, 0) is 40.1 Å². The van der Waals surface area contributed by atoms with Crippen molar-refractivity contribution in [1.82, 2.24) is 20.4 Å². The van der Waals surface area contributed by atoms with Gasteiger partial charge < -0.3 is 30.3 Å². The van der Waals surface area contributed by atoms with Crippen LogP contribution in [0.3, 0.4) is 0 Å². The normalized spacial score (nSPS) is 18.6. The SMILES string of the molecule is CCCCCCCCC[C@H](NC(=O)[C@@H]1C[C@@H](OC(=O)N2Cc3ccccc3C2)CN1C(=O)[C@H](C)NCc1ccc(C(F)(F)F)cc1)B(O)O. The maximum absolute atomic E-state index is 13.7. The Morgan fingerprint density at radius 2 is 1.57 bits per heavy atom. The minimum absolute atomic E-state index is 0.0153. The lowest BCUT2D eigenvalue weighted by atomic mass is 9.76. The molecule has 4 N–H and O–H groups in total. The van der Waals surface area contributed by atoms with Crippen molar-refractivity contribution in [2.75, 3.05) is 6.54 Å². The fourth-order valence-corrected chi connectivity index (χ4v) is 6.37. The zero-order chi connectivity index (χ0) is 35.6. The number of benzene rings is 2. The maximum Gasteiger partial charge on any atom is 0.475 e. The summed E-state index contributed by atoms with van der Waals surface area (Å²) in [6, 6.07) is 10.4. The molecule has 1 fully saturated rings. The van der Waals surface area contributed by atoms with Gasteiger partial charge in [-0.05, 0) is 42.2 Å². The van der Waals surface area contributed by atoms with Crippen LogP contribution in [0.2, 0.25) is 0 Å². The van der Waals surface area contributed by atoms with Gasteiger partial charge in [-0.15, -0.1) is 0 Å². The number of amides is 3. The summed E-state index contributed by atoms with van der Waals surface area (Å²) in [6.45, 7) is 4.54. The molecule has 0 unspecified atom stereocenters. The third-order valence-corrected chi connectivity index (χ3v) is 9.29. The minimum atomic E-state index is -4.46. The molecule has 0 bridgehead atoms. The lowest BCUT2D eigenvalue weighted by Crippen LogP contribution is -2.55. The van der Waals surface area contributed by atoms with Crippen molar-refractivity contribution in [2.45, 2.75) is 122 Å². The van der Waals surface area contributed by atoms with Gasteiger partial charge in [-0.1, -0.05) is 88.3 Å². The van der Waals surface area contributed by atoms with E-state index in [4.69, 9.17) is 4.74 Å². The van der Waals surface area contributed by atoms with Gasteiger partial charge in [0.15, 0.2) is 0 Å². The summed E-state index contributed by atoms with van der Waals surface area (Å²) in [6.07, 6.45) is 1.70. The molecule has 10 nitrogen and oxygen atoms in total. The largest absolute Gasteiger partial charge is 0.475 e. The first-order valence-corrected chi connectivity index (χ1v) is 17.3. The molecule has 0 aromatic heterocycles. The zero-order valence-electron chi connectivity index (χ0n) is 28.3. The number of halogens is 3. The highest BCUT2D eigenvalue weighted by atomic mass is 19.4. The molecule has 4 atom stereocenters. The first kappa shape index (κ1) is 38.2. The van der Waals surface area contributed by atoms with Crippen molar-refractivity contribution in [3.63, 3.8) is 0 Å². The molecule has 2 aliphatic rings. The smallest absolute Gasteiger partial charge is 0.444 e. The van der Waals surface area contributed by atoms with Crippen LogP contribution in [0.1, 0.15) is 93.9 Å². The Morgan fingerprint density at radius 1 is 0.959 bits per heavy atom. The minimum Gasteiger partial charge on any atom is -0.444 e. The van der Waals surface area contributed by atoms with Gasteiger partial charge in [0.05, 0.1) is 24.1 Å². The molecule has 4 rings (SSSR count). The van der Waals surface area contributed by atoms with E-state index in [0.717, 1.165) is 55.4 Å². The van der Waals surface area contributed by atoms with E-state index in [-0.39, 0.29) is 19.5 Å². The van der Waals surface area contributed by atoms with Gasteiger partial charge in [0.2, 0.25) is 11.8 Å². The number of hydrogen-bond donors (Lipinski definition) is 4. The number of hydrogen-bond acceptors (Lipinski definition) is 7. The number of carbonyl (C=O) groups excluding carboxylic acids is 3. The van der Waals surface area contributed by atoms with Crippen molar-refractivity contribution in [1.29, 1.82) is 0 Å². The van der Waals surface area contributed by atoms with Crippen molar-refractivity contribution >= 4 is 25.0 Å². The van der Waals surface area contributed by atoms with Gasteiger partial charge in [0.25, 0.3) is 0 Å². The molecular formula is C35H48BF3N4O6. The molecule has 2 aromatic rings. The van der Waals surface area contributed by atoms with Gasteiger partial charge in [-0.25, -0.2) is 4.79 Å². The summed E-state index contributed by atoms with van der Waals surface area (Å²) in [4.78, 5) is 43.4. The van der Waals surface area contributed by atoms with Crippen LogP contribution >= 0.6 is 0 Å². The molecule has 2 aliphatic heterocycles. The number of carbonyl (C=O) groups is 3. The molecule has 2 aromatic carbocycles. The third kappa shape index (κ3) is 10.9. The fourth-order valence-electron chi connectivity index (χ4n) is 6.37. The summed E-state index contributed by atoms with van der Waals surface area (Å²) in [5, 5.41) is 25.8. The molecule has 2 heterocycles. The van der Waals surface area contributed by atoms with Crippen LogP contribution in [0.15, 0.2) is 48.5 Å². The van der Waals surface area contributed by atoms with E-state index in [1.54, 1.807) is 11.8 Å². The number of ether oxygens (including phenoxy) is 1. The zero-order valence-corrected chi connectivity index (χ0v) is 28.3. The number of unbranched alkanes of at least 4 members (excludes halogenated alkanes) is 6. The van der Waals surface area contributed by atoms with Crippen molar-refractivity contribution in [3.05, 3.63) is 70.8 Å². The van der Waals surface area contributed by atoms with Crippen molar-refractivity contribution in [2.24, 2.45) is 0 Å². The molecule has 0 radical (unpaired) electrons. The Balaban J connectivity index is 1.40. The van der Waals surface area contributed by atoms with E-state index in [0.29, 0.717) is 31.5 Å². The number of fused-ring (bicyclic) bond motifs is 1. The third-order valence-electron chi connectivity index (χ3n) is 9.29. The lowest BCUT2D eigenvalue weighted by molar-refractivity contribution is -0.140. The molecule has 3 amide bonds. The molecule has 0 aliphatic carbocycles. The van der Waals surface area contributed by atoms with E-state index in [1.807, 2.05) is 24.3 Å². The standard InChI is InChI=1S/C35H48BF3N4O6/c1-3-4-5-6-7-8-9-14-31(36(47)48)41-32(44)30-19-29(49-34(46)42-21-26-12-10-11-13-27(26)22-42)23-43(30)33(45)24(2)40-20-25-15-17-28(18-16-25)35(37,38)39/h10-13,15-18,24,29-31,40,47-48H,3-9,14,19-23H2,1-2H3,(H,41,44)/t24-,29+,30-,31-/m0/s1. The number of alkyl halides is 3. The predicted octanol–water partition coefficient (Wildman–Crippen LogP) is 4.94. The van der Waals surface area contributed by atoms with Gasteiger partial charge >= 0.3 is 19.4 Å². The van der Waals surface area contributed by atoms with Gasteiger partial charge in [-0.2, -0.15) is 13.2 Å². The monoisotopic (exact) mass is 688 g/mol. The van der Waals surface area contributed by atoms with E-state index < -0.39 is 60.9 Å². The predicted molar refractivity (Wildman–Crippen MR) is 179 cm³/mol. The molecule has 0 spiro atoms. The Hall–Kier alpha value is -3.62. The van der Waals surface area contributed by atoms with Crippen molar-refractivity contribution < 1.29 is 42.3 Å². The van der Waals surface area contributed by atoms with Crippen LogP contribution in [-0.4, -0.2) is 75.5 Å². The summed E-state index contributed by atoms with van der Waals surface area (Å²) in [7, 11) is -1.80. The molecular weight excluding hydrogens is 640 g/mol. The Kier molecular flexibility index (Phi) is 13.9. The number of likely N-dealkylation sites (tertiary alicyclic amines) is 1. The van der Waals surface area contributed by atoms with Crippen LogP contribution < -0.4 is 10.6 Å². The van der Waals surface area contributed by atoms with Crippen LogP contribution in [0.25, 0.3) is 0 Å². The highest BCUT2D eigenvalue weighted by molar-refractivity contribution is 6.43. The number of nitrogens with zero attached hydrogens (tertiary/aromatic N) is 2. The average molecular weight is 689 g/mol. The first-order valence-electron chi connectivity index (χ1n) is 17.3. The van der Waals surface area contributed by atoms with E-state index in [9.17, 15) is 37.6 Å². The van der Waals surface area contributed by atoms with Crippen LogP contribution in [0.4, 0.5) is 18.0 Å².